The van der Waals surface area contributed by atoms with Crippen molar-refractivity contribution in [3.63, 3.8) is 0 Å². The lowest BCUT2D eigenvalue weighted by Crippen LogP contribution is -2.44. The number of nitrogens with zero attached hydrogens (tertiary/aromatic N) is 1. The average molecular weight is 290 g/mol. The van der Waals surface area contributed by atoms with Crippen LogP contribution in [0.1, 0.15) is 39.0 Å². The molecule has 2 N–H and O–H groups in total. The first-order valence-electron chi connectivity index (χ1n) is 8.31. The minimum atomic E-state index is 0.334. The molecule has 0 radical (unpaired) electrons. The summed E-state index contributed by atoms with van der Waals surface area (Å²) in [7, 11) is 4.25. The van der Waals surface area contributed by atoms with Crippen LogP contribution in [0, 0.1) is 11.8 Å². The smallest absolute Gasteiger partial charge is 0.115 e. The van der Waals surface area contributed by atoms with Crippen LogP contribution in [-0.2, 0) is 0 Å². The van der Waals surface area contributed by atoms with Crippen LogP contribution in [0.5, 0.6) is 5.75 Å². The SMILES string of the molecule is CCCC1CCC(NC)C(CN(C)c2ccc(O)cc2)C1. The highest BCUT2D eigenvalue weighted by Crippen LogP contribution is 2.33. The predicted molar refractivity (Wildman–Crippen MR) is 90.0 cm³/mol. The highest BCUT2D eigenvalue weighted by molar-refractivity contribution is 5.48. The van der Waals surface area contributed by atoms with E-state index in [1.165, 1.54) is 37.8 Å². The van der Waals surface area contributed by atoms with Gasteiger partial charge in [0.25, 0.3) is 0 Å². The molecule has 1 aliphatic rings. The zero-order valence-electron chi connectivity index (χ0n) is 13.7. The fourth-order valence-corrected chi connectivity index (χ4v) is 3.78. The van der Waals surface area contributed by atoms with Crippen LogP contribution in [0.2, 0.25) is 0 Å². The third-order valence-corrected chi connectivity index (χ3v) is 4.96. The van der Waals surface area contributed by atoms with E-state index in [9.17, 15) is 5.11 Å². The second kappa shape index (κ2) is 7.69. The first-order valence-corrected chi connectivity index (χ1v) is 8.31. The molecule has 21 heavy (non-hydrogen) atoms. The van der Waals surface area contributed by atoms with E-state index in [0.29, 0.717) is 17.7 Å². The topological polar surface area (TPSA) is 35.5 Å². The molecule has 118 valence electrons. The van der Waals surface area contributed by atoms with Gasteiger partial charge in [-0.1, -0.05) is 19.8 Å². The van der Waals surface area contributed by atoms with E-state index in [-0.39, 0.29) is 0 Å². The summed E-state index contributed by atoms with van der Waals surface area (Å²) < 4.78 is 0. The van der Waals surface area contributed by atoms with Crippen molar-refractivity contribution in [3.05, 3.63) is 24.3 Å². The molecular formula is C18H30N2O. The summed E-state index contributed by atoms with van der Waals surface area (Å²) in [5.41, 5.74) is 1.18. The van der Waals surface area contributed by atoms with E-state index in [1.807, 2.05) is 12.1 Å². The van der Waals surface area contributed by atoms with Crippen LogP contribution in [-0.4, -0.2) is 31.8 Å². The number of benzene rings is 1. The van der Waals surface area contributed by atoms with E-state index < -0.39 is 0 Å². The maximum Gasteiger partial charge on any atom is 0.115 e. The summed E-state index contributed by atoms with van der Waals surface area (Å²) in [6.07, 6.45) is 6.68. The molecule has 1 saturated carbocycles. The van der Waals surface area contributed by atoms with Crippen LogP contribution in [0.3, 0.4) is 0 Å². The van der Waals surface area contributed by atoms with Crippen molar-refractivity contribution in [3.8, 4) is 5.75 Å². The highest BCUT2D eigenvalue weighted by Gasteiger charge is 2.29. The molecule has 1 fully saturated rings. The quantitative estimate of drug-likeness (QED) is 0.840. The number of nitrogens with one attached hydrogen (secondary N) is 1. The van der Waals surface area contributed by atoms with Crippen molar-refractivity contribution < 1.29 is 5.11 Å². The summed E-state index contributed by atoms with van der Waals surface area (Å²) in [6, 6.07) is 8.16. The van der Waals surface area contributed by atoms with Gasteiger partial charge in [0.2, 0.25) is 0 Å². The Bertz CT molecular complexity index is 418. The van der Waals surface area contributed by atoms with Gasteiger partial charge < -0.3 is 15.3 Å². The van der Waals surface area contributed by atoms with E-state index in [1.54, 1.807) is 12.1 Å². The molecule has 3 atom stereocenters. The Morgan fingerprint density at radius 1 is 1.24 bits per heavy atom. The first-order chi connectivity index (χ1) is 10.1. The van der Waals surface area contributed by atoms with Gasteiger partial charge in [-0.2, -0.15) is 0 Å². The number of hydrogen-bond acceptors (Lipinski definition) is 3. The molecule has 0 spiro atoms. The van der Waals surface area contributed by atoms with Gasteiger partial charge in [-0.3, -0.25) is 0 Å². The number of phenols is 1. The van der Waals surface area contributed by atoms with Crippen LogP contribution < -0.4 is 10.2 Å². The maximum absolute atomic E-state index is 9.41. The Morgan fingerprint density at radius 2 is 1.95 bits per heavy atom. The van der Waals surface area contributed by atoms with Crippen molar-refractivity contribution in [2.24, 2.45) is 11.8 Å². The maximum atomic E-state index is 9.41. The fourth-order valence-electron chi connectivity index (χ4n) is 3.78. The van der Waals surface area contributed by atoms with Gasteiger partial charge in [0.05, 0.1) is 0 Å². The molecule has 0 aliphatic heterocycles. The second-order valence-electron chi connectivity index (χ2n) is 6.52. The lowest BCUT2D eigenvalue weighted by Gasteiger charge is -2.38. The van der Waals surface area contributed by atoms with Crippen LogP contribution in [0.4, 0.5) is 5.69 Å². The highest BCUT2D eigenvalue weighted by atomic mass is 16.3. The molecule has 1 aromatic carbocycles. The molecule has 2 rings (SSSR count). The Morgan fingerprint density at radius 3 is 2.57 bits per heavy atom. The molecule has 0 heterocycles. The molecule has 0 aromatic heterocycles. The summed E-state index contributed by atoms with van der Waals surface area (Å²) >= 11 is 0. The Kier molecular flexibility index (Phi) is 5.92. The van der Waals surface area contributed by atoms with E-state index in [2.05, 4.69) is 31.2 Å². The number of rotatable bonds is 6. The molecule has 3 unspecified atom stereocenters. The molecule has 3 heteroatoms. The van der Waals surface area contributed by atoms with Gasteiger partial charge in [-0.15, -0.1) is 0 Å². The molecule has 1 aromatic rings. The largest absolute Gasteiger partial charge is 0.508 e. The Hall–Kier alpha value is -1.22. The average Bonchev–Trinajstić information content (AvgIpc) is 2.48. The molecular weight excluding hydrogens is 260 g/mol. The van der Waals surface area contributed by atoms with Gasteiger partial charge in [0.15, 0.2) is 0 Å². The van der Waals surface area contributed by atoms with Gasteiger partial charge in [-0.25, -0.2) is 0 Å². The van der Waals surface area contributed by atoms with Gasteiger partial charge in [-0.05, 0) is 62.4 Å². The van der Waals surface area contributed by atoms with E-state index >= 15 is 0 Å². The number of anilines is 1. The standard InChI is InChI=1S/C18H30N2O/c1-4-5-14-6-11-18(19-2)15(12-14)13-20(3)16-7-9-17(21)10-8-16/h7-10,14-15,18-19,21H,4-6,11-13H2,1-3H3. The first kappa shape index (κ1) is 16.2. The minimum absolute atomic E-state index is 0.334. The number of aromatic hydroxyl groups is 1. The van der Waals surface area contributed by atoms with Crippen LogP contribution >= 0.6 is 0 Å². The van der Waals surface area contributed by atoms with Crippen molar-refractivity contribution >= 4 is 5.69 Å². The van der Waals surface area contributed by atoms with E-state index in [0.717, 1.165) is 12.5 Å². The fraction of sp³-hybridized carbons (Fsp3) is 0.667. The Labute approximate surface area is 129 Å². The molecule has 3 nitrogen and oxygen atoms in total. The van der Waals surface area contributed by atoms with Crippen molar-refractivity contribution in [1.29, 1.82) is 0 Å². The summed E-state index contributed by atoms with van der Waals surface area (Å²) in [5, 5.41) is 12.9. The van der Waals surface area contributed by atoms with Gasteiger partial charge in [0, 0.05) is 25.3 Å². The number of hydrogen-bond donors (Lipinski definition) is 2. The third kappa shape index (κ3) is 4.37. The van der Waals surface area contributed by atoms with Crippen molar-refractivity contribution in [2.45, 2.75) is 45.1 Å². The summed E-state index contributed by atoms with van der Waals surface area (Å²) in [6.45, 7) is 3.37. The molecule has 0 bridgehead atoms. The van der Waals surface area contributed by atoms with E-state index in [4.69, 9.17) is 0 Å². The third-order valence-electron chi connectivity index (χ3n) is 4.96. The zero-order valence-corrected chi connectivity index (χ0v) is 13.7. The second-order valence-corrected chi connectivity index (χ2v) is 6.52. The lowest BCUT2D eigenvalue weighted by atomic mass is 9.76. The zero-order chi connectivity index (χ0) is 15.2. The van der Waals surface area contributed by atoms with Crippen molar-refractivity contribution in [1.82, 2.24) is 5.32 Å². The number of phenolic OH excluding ortho intramolecular Hbond substituents is 1. The summed E-state index contributed by atoms with van der Waals surface area (Å²) in [5.74, 6) is 1.94. The van der Waals surface area contributed by atoms with Crippen LogP contribution in [0.25, 0.3) is 0 Å². The van der Waals surface area contributed by atoms with Gasteiger partial charge in [0.1, 0.15) is 5.75 Å². The van der Waals surface area contributed by atoms with Crippen LogP contribution in [0.15, 0.2) is 24.3 Å². The molecule has 1 aliphatic carbocycles. The summed E-state index contributed by atoms with van der Waals surface area (Å²) in [4.78, 5) is 2.32. The Balaban J connectivity index is 1.98. The molecule has 0 amide bonds. The van der Waals surface area contributed by atoms with Gasteiger partial charge >= 0.3 is 0 Å². The lowest BCUT2D eigenvalue weighted by molar-refractivity contribution is 0.205. The van der Waals surface area contributed by atoms with Crippen molar-refractivity contribution in [2.75, 3.05) is 25.5 Å². The minimum Gasteiger partial charge on any atom is -0.508 e. The normalized spacial score (nSPS) is 25.8. The monoisotopic (exact) mass is 290 g/mol. The predicted octanol–water partition coefficient (Wildman–Crippen LogP) is 3.63. The molecule has 0 saturated heterocycles.